The highest BCUT2D eigenvalue weighted by Gasteiger charge is 2.27. The third-order valence-electron chi connectivity index (χ3n) is 6.50. The van der Waals surface area contributed by atoms with Crippen molar-refractivity contribution in [2.75, 3.05) is 18.0 Å². The zero-order chi connectivity index (χ0) is 29.0. The molecule has 4 rings (SSSR count). The number of nitrogens with zero attached hydrogens (tertiary/aromatic N) is 3. The fraction of sp³-hybridized carbons (Fsp3) is 0.200. The molecule has 1 heterocycles. The predicted molar refractivity (Wildman–Crippen MR) is 159 cm³/mol. The first-order chi connectivity index (χ1) is 19.0. The minimum atomic E-state index is -4.09. The van der Waals surface area contributed by atoms with E-state index in [1.807, 2.05) is 19.9 Å². The lowest BCUT2D eigenvalue weighted by Crippen LogP contribution is -2.39. The van der Waals surface area contributed by atoms with E-state index in [4.69, 9.17) is 16.3 Å². The number of halogens is 1. The second kappa shape index (κ2) is 12.0. The number of methoxy groups -OCH3 is 1. The molecule has 0 radical (unpaired) electrons. The van der Waals surface area contributed by atoms with Crippen LogP contribution in [0.1, 0.15) is 28.1 Å². The number of anilines is 1. The fourth-order valence-corrected chi connectivity index (χ4v) is 6.22. The Balaban J connectivity index is 1.58. The van der Waals surface area contributed by atoms with E-state index in [0.29, 0.717) is 5.75 Å². The van der Waals surface area contributed by atoms with Crippen LogP contribution in [-0.2, 0) is 14.8 Å². The van der Waals surface area contributed by atoms with Crippen molar-refractivity contribution in [3.05, 3.63) is 106 Å². The average Bonchev–Trinajstić information content (AvgIpc) is 3.20. The average molecular weight is 579 g/mol. The Hall–Kier alpha value is -4.08. The Kier molecular flexibility index (Phi) is 8.66. The number of nitrogens with one attached hydrogen (secondary N) is 1. The van der Waals surface area contributed by atoms with E-state index >= 15 is 0 Å². The second-order valence-corrected chi connectivity index (χ2v) is 11.7. The largest absolute Gasteiger partial charge is 0.495 e. The van der Waals surface area contributed by atoms with Crippen LogP contribution < -0.4 is 14.5 Å². The number of hydrogen-bond acceptors (Lipinski definition) is 5. The van der Waals surface area contributed by atoms with Gasteiger partial charge in [-0.1, -0.05) is 47.5 Å². The van der Waals surface area contributed by atoms with E-state index in [9.17, 15) is 13.2 Å². The van der Waals surface area contributed by atoms with Crippen molar-refractivity contribution in [3.63, 3.8) is 0 Å². The molecule has 0 aliphatic carbocycles. The molecule has 3 aromatic carbocycles. The molecule has 0 saturated carbocycles. The highest BCUT2D eigenvalue weighted by molar-refractivity contribution is 7.92. The zero-order valence-electron chi connectivity index (χ0n) is 23.0. The van der Waals surface area contributed by atoms with E-state index in [1.165, 1.54) is 36.9 Å². The lowest BCUT2D eigenvalue weighted by molar-refractivity contribution is -0.119. The van der Waals surface area contributed by atoms with Crippen molar-refractivity contribution in [3.8, 4) is 11.4 Å². The van der Waals surface area contributed by atoms with E-state index < -0.39 is 22.5 Å². The normalized spacial score (nSPS) is 11.6. The molecule has 0 spiro atoms. The molecule has 1 amide bonds. The SMILES string of the molecule is COc1ccc(N(CC(=O)N/N=C\c2cc(C)n(-c3ccc(C)cc3C)c2C)S(=O)(=O)c2ccccc2)cc1Cl. The molecule has 0 saturated heterocycles. The Morgan fingerprint density at radius 1 is 1.02 bits per heavy atom. The molecular formula is C30H31ClN4O4S. The van der Waals surface area contributed by atoms with Gasteiger partial charge in [0.25, 0.3) is 15.9 Å². The monoisotopic (exact) mass is 578 g/mol. The van der Waals surface area contributed by atoms with Gasteiger partial charge in [-0.05, 0) is 75.7 Å². The number of rotatable bonds is 9. The molecule has 40 heavy (non-hydrogen) atoms. The molecule has 208 valence electrons. The Morgan fingerprint density at radius 2 is 1.75 bits per heavy atom. The van der Waals surface area contributed by atoms with Crippen molar-refractivity contribution in [1.82, 2.24) is 9.99 Å². The first-order valence-electron chi connectivity index (χ1n) is 12.5. The molecule has 0 fully saturated rings. The number of hydrogen-bond donors (Lipinski definition) is 1. The standard InChI is InChI=1S/C30H31ClN4O4S/c1-20-11-13-28(21(2)15-20)35-22(3)16-24(23(35)4)18-32-33-30(36)19-34(25-12-14-29(39-5)27(31)17-25)40(37,38)26-9-7-6-8-10-26/h6-18H,19H2,1-5H3,(H,33,36)/b32-18-. The number of aromatic nitrogens is 1. The van der Waals surface area contributed by atoms with Crippen LogP contribution in [0.25, 0.3) is 5.69 Å². The van der Waals surface area contributed by atoms with Gasteiger partial charge < -0.3 is 9.30 Å². The Labute approximate surface area is 239 Å². The van der Waals surface area contributed by atoms with Crippen molar-refractivity contribution in [1.29, 1.82) is 0 Å². The minimum Gasteiger partial charge on any atom is -0.495 e. The topological polar surface area (TPSA) is 93.0 Å². The van der Waals surface area contributed by atoms with Crippen molar-refractivity contribution in [2.24, 2.45) is 5.10 Å². The van der Waals surface area contributed by atoms with Crippen LogP contribution in [-0.4, -0.2) is 38.8 Å². The first-order valence-corrected chi connectivity index (χ1v) is 14.3. The van der Waals surface area contributed by atoms with E-state index in [-0.39, 0.29) is 15.6 Å². The van der Waals surface area contributed by atoms with Crippen LogP contribution in [0.5, 0.6) is 5.75 Å². The summed E-state index contributed by atoms with van der Waals surface area (Å²) < 4.78 is 35.4. The molecule has 0 atom stereocenters. The van der Waals surface area contributed by atoms with Gasteiger partial charge in [0.15, 0.2) is 0 Å². The molecule has 1 N–H and O–H groups in total. The number of amides is 1. The van der Waals surface area contributed by atoms with Gasteiger partial charge in [-0.25, -0.2) is 13.8 Å². The van der Waals surface area contributed by atoms with Crippen molar-refractivity contribution < 1.29 is 17.9 Å². The fourth-order valence-electron chi connectivity index (χ4n) is 4.53. The summed E-state index contributed by atoms with van der Waals surface area (Å²) in [4.78, 5) is 13.0. The highest BCUT2D eigenvalue weighted by atomic mass is 35.5. The number of carbonyl (C=O) groups is 1. The maximum Gasteiger partial charge on any atom is 0.264 e. The van der Waals surface area contributed by atoms with Crippen LogP contribution in [0.3, 0.4) is 0 Å². The second-order valence-electron chi connectivity index (χ2n) is 9.39. The number of ether oxygens (including phenoxy) is 1. The summed E-state index contributed by atoms with van der Waals surface area (Å²) in [7, 11) is -2.63. The van der Waals surface area contributed by atoms with Gasteiger partial charge in [0, 0.05) is 22.6 Å². The van der Waals surface area contributed by atoms with Crippen LogP contribution in [0.2, 0.25) is 5.02 Å². The quantitative estimate of drug-likeness (QED) is 0.203. The van der Waals surface area contributed by atoms with Crippen LogP contribution in [0.15, 0.2) is 82.8 Å². The summed E-state index contributed by atoms with van der Waals surface area (Å²) in [6.07, 6.45) is 1.56. The van der Waals surface area contributed by atoms with Crippen molar-refractivity contribution >= 4 is 39.4 Å². The summed E-state index contributed by atoms with van der Waals surface area (Å²) in [5, 5.41) is 4.34. The summed E-state index contributed by atoms with van der Waals surface area (Å²) >= 11 is 6.28. The summed E-state index contributed by atoms with van der Waals surface area (Å²) in [5.41, 5.74) is 8.90. The molecule has 0 aliphatic rings. The number of carbonyl (C=O) groups excluding carboxylic acids is 1. The number of aryl methyl sites for hydroxylation is 3. The Bertz CT molecular complexity index is 1680. The maximum atomic E-state index is 13.5. The Morgan fingerprint density at radius 3 is 2.40 bits per heavy atom. The van der Waals surface area contributed by atoms with Gasteiger partial charge in [-0.3, -0.25) is 9.10 Å². The number of sulfonamides is 1. The van der Waals surface area contributed by atoms with Gasteiger partial charge in [0.1, 0.15) is 12.3 Å². The molecule has 1 aromatic heterocycles. The van der Waals surface area contributed by atoms with Crippen LogP contribution >= 0.6 is 11.6 Å². The van der Waals surface area contributed by atoms with Crippen molar-refractivity contribution in [2.45, 2.75) is 32.6 Å². The van der Waals surface area contributed by atoms with E-state index in [0.717, 1.165) is 32.5 Å². The first kappa shape index (κ1) is 28.9. The summed E-state index contributed by atoms with van der Waals surface area (Å²) in [6.45, 7) is 7.60. The predicted octanol–water partition coefficient (Wildman–Crippen LogP) is 5.72. The summed E-state index contributed by atoms with van der Waals surface area (Å²) in [5.74, 6) is -0.235. The lowest BCUT2D eigenvalue weighted by Gasteiger charge is -2.24. The third kappa shape index (κ3) is 6.05. The smallest absolute Gasteiger partial charge is 0.264 e. The van der Waals surface area contributed by atoms with Gasteiger partial charge in [-0.2, -0.15) is 5.10 Å². The lowest BCUT2D eigenvalue weighted by atomic mass is 10.1. The van der Waals surface area contributed by atoms with E-state index in [2.05, 4.69) is 47.1 Å². The molecule has 8 nitrogen and oxygen atoms in total. The van der Waals surface area contributed by atoms with Crippen LogP contribution in [0, 0.1) is 27.7 Å². The molecule has 10 heteroatoms. The van der Waals surface area contributed by atoms with Gasteiger partial charge in [-0.15, -0.1) is 0 Å². The number of hydrazone groups is 1. The molecule has 0 bridgehead atoms. The van der Waals surface area contributed by atoms with Gasteiger partial charge in [0.2, 0.25) is 0 Å². The van der Waals surface area contributed by atoms with Gasteiger partial charge in [0.05, 0.1) is 28.9 Å². The molecular weight excluding hydrogens is 548 g/mol. The minimum absolute atomic E-state index is 0.0390. The maximum absolute atomic E-state index is 13.5. The molecule has 4 aromatic rings. The molecule has 0 unspecified atom stereocenters. The third-order valence-corrected chi connectivity index (χ3v) is 8.58. The van der Waals surface area contributed by atoms with Gasteiger partial charge >= 0.3 is 0 Å². The highest BCUT2D eigenvalue weighted by Crippen LogP contribution is 2.32. The zero-order valence-corrected chi connectivity index (χ0v) is 24.5. The van der Waals surface area contributed by atoms with Crippen LogP contribution in [0.4, 0.5) is 5.69 Å². The van der Waals surface area contributed by atoms with E-state index in [1.54, 1.807) is 30.5 Å². The summed E-state index contributed by atoms with van der Waals surface area (Å²) in [6, 6.07) is 20.7. The number of benzene rings is 3. The molecule has 0 aliphatic heterocycles.